The predicted molar refractivity (Wildman–Crippen MR) is 101 cm³/mol. The van der Waals surface area contributed by atoms with Crippen LogP contribution in [0.1, 0.15) is 65.2 Å². The third kappa shape index (κ3) is 6.38. The van der Waals surface area contributed by atoms with Gasteiger partial charge in [0.2, 0.25) is 0 Å². The number of unbranched alkanes of at least 4 members (excludes halogenated alkanes) is 6. The van der Waals surface area contributed by atoms with Crippen molar-refractivity contribution in [3.63, 3.8) is 0 Å². The van der Waals surface area contributed by atoms with Gasteiger partial charge in [0.25, 0.3) is 0 Å². The maximum Gasteiger partial charge on any atom is 0.119 e. The van der Waals surface area contributed by atoms with Crippen LogP contribution in [0.4, 0.5) is 0 Å². The molecule has 0 saturated carbocycles. The number of imidazole rings is 1. The van der Waals surface area contributed by atoms with Crippen molar-refractivity contribution in [2.45, 2.75) is 71.8 Å². The van der Waals surface area contributed by atoms with Crippen molar-refractivity contribution >= 4 is 0 Å². The van der Waals surface area contributed by atoms with Crippen LogP contribution in [-0.2, 0) is 6.54 Å². The maximum atomic E-state index is 5.84. The Morgan fingerprint density at radius 1 is 0.875 bits per heavy atom. The van der Waals surface area contributed by atoms with Gasteiger partial charge in [0.15, 0.2) is 0 Å². The van der Waals surface area contributed by atoms with Gasteiger partial charge in [0, 0.05) is 18.3 Å². The van der Waals surface area contributed by atoms with Gasteiger partial charge in [-0.25, -0.2) is 4.98 Å². The Kier molecular flexibility index (Phi) is 8.43. The second-order valence-electron chi connectivity index (χ2n) is 6.49. The Labute approximate surface area is 147 Å². The van der Waals surface area contributed by atoms with Crippen LogP contribution in [0, 0.1) is 0 Å². The zero-order valence-corrected chi connectivity index (χ0v) is 15.3. The standard InChI is InChI=1S/C21H32N2O/c1-3-5-7-8-9-10-16-24-20-13-11-19(12-14-20)21-17-23(18-22-21)15-6-4-2/h11-14,17-18H,3-10,15-16H2,1-2H3. The van der Waals surface area contributed by atoms with Crippen molar-refractivity contribution in [2.24, 2.45) is 0 Å². The van der Waals surface area contributed by atoms with Crippen molar-refractivity contribution in [1.29, 1.82) is 0 Å². The molecule has 3 nitrogen and oxygen atoms in total. The van der Waals surface area contributed by atoms with Gasteiger partial charge in [-0.05, 0) is 37.1 Å². The second kappa shape index (κ2) is 10.9. The van der Waals surface area contributed by atoms with Gasteiger partial charge in [0.1, 0.15) is 5.75 Å². The average Bonchev–Trinajstić information content (AvgIpc) is 3.08. The highest BCUT2D eigenvalue weighted by atomic mass is 16.5. The maximum absolute atomic E-state index is 5.84. The summed E-state index contributed by atoms with van der Waals surface area (Å²) in [7, 11) is 0. The van der Waals surface area contributed by atoms with Gasteiger partial charge in [-0.15, -0.1) is 0 Å². The summed E-state index contributed by atoms with van der Waals surface area (Å²) in [6.45, 7) is 6.32. The molecule has 0 amide bonds. The molecule has 1 heterocycles. The first-order chi connectivity index (χ1) is 11.8. The van der Waals surface area contributed by atoms with E-state index in [4.69, 9.17) is 4.74 Å². The van der Waals surface area contributed by atoms with E-state index in [9.17, 15) is 0 Å². The summed E-state index contributed by atoms with van der Waals surface area (Å²) in [6.07, 6.45) is 14.2. The predicted octanol–water partition coefficient (Wildman–Crippen LogP) is 6.09. The normalized spacial score (nSPS) is 10.9. The molecule has 1 aromatic heterocycles. The SMILES string of the molecule is CCCCCCCCOc1ccc(-c2cn(CCCC)cn2)cc1. The van der Waals surface area contributed by atoms with Crippen LogP contribution in [0.3, 0.4) is 0 Å². The van der Waals surface area contributed by atoms with Crippen LogP contribution in [0.5, 0.6) is 5.75 Å². The molecular formula is C21H32N2O. The van der Waals surface area contributed by atoms with E-state index in [0.717, 1.165) is 36.6 Å². The lowest BCUT2D eigenvalue weighted by Gasteiger charge is -2.06. The van der Waals surface area contributed by atoms with E-state index in [1.54, 1.807) is 0 Å². The lowest BCUT2D eigenvalue weighted by atomic mass is 10.1. The molecule has 24 heavy (non-hydrogen) atoms. The number of ether oxygens (including phenoxy) is 1. The van der Waals surface area contributed by atoms with E-state index >= 15 is 0 Å². The molecule has 0 saturated heterocycles. The zero-order valence-electron chi connectivity index (χ0n) is 15.3. The molecule has 0 aliphatic carbocycles. The molecule has 0 aliphatic rings. The highest BCUT2D eigenvalue weighted by Crippen LogP contribution is 2.21. The largest absolute Gasteiger partial charge is 0.494 e. The summed E-state index contributed by atoms with van der Waals surface area (Å²) >= 11 is 0. The molecule has 0 aliphatic heterocycles. The summed E-state index contributed by atoms with van der Waals surface area (Å²) in [5, 5.41) is 0. The minimum Gasteiger partial charge on any atom is -0.494 e. The number of benzene rings is 1. The molecule has 2 rings (SSSR count). The van der Waals surface area contributed by atoms with Crippen molar-refractivity contribution in [2.75, 3.05) is 6.61 Å². The molecule has 1 aromatic carbocycles. The lowest BCUT2D eigenvalue weighted by Crippen LogP contribution is -1.97. The molecule has 0 fully saturated rings. The van der Waals surface area contributed by atoms with Gasteiger partial charge >= 0.3 is 0 Å². The van der Waals surface area contributed by atoms with E-state index in [2.05, 4.69) is 53.9 Å². The van der Waals surface area contributed by atoms with E-state index in [0.29, 0.717) is 0 Å². The topological polar surface area (TPSA) is 27.1 Å². The van der Waals surface area contributed by atoms with Crippen molar-refractivity contribution in [1.82, 2.24) is 9.55 Å². The summed E-state index contributed by atoms with van der Waals surface area (Å²) in [6, 6.07) is 8.31. The third-order valence-corrected chi connectivity index (χ3v) is 4.32. The Bertz CT molecular complexity index is 559. The molecule has 0 atom stereocenters. The number of nitrogens with zero attached hydrogens (tertiary/aromatic N) is 2. The first-order valence-corrected chi connectivity index (χ1v) is 9.58. The van der Waals surface area contributed by atoms with Crippen LogP contribution < -0.4 is 4.74 Å². The van der Waals surface area contributed by atoms with E-state index in [1.165, 1.54) is 44.9 Å². The van der Waals surface area contributed by atoms with Crippen molar-refractivity contribution < 1.29 is 4.74 Å². The Morgan fingerprint density at radius 3 is 2.33 bits per heavy atom. The molecule has 0 spiro atoms. The fraction of sp³-hybridized carbons (Fsp3) is 0.571. The molecule has 2 aromatic rings. The summed E-state index contributed by atoms with van der Waals surface area (Å²) in [5.74, 6) is 0.956. The number of aryl methyl sites for hydroxylation is 1. The second-order valence-corrected chi connectivity index (χ2v) is 6.49. The van der Waals surface area contributed by atoms with Crippen LogP contribution in [0.25, 0.3) is 11.3 Å². The Morgan fingerprint density at radius 2 is 1.58 bits per heavy atom. The van der Waals surface area contributed by atoms with Crippen molar-refractivity contribution in [3.8, 4) is 17.0 Å². The minimum absolute atomic E-state index is 0.817. The third-order valence-electron chi connectivity index (χ3n) is 4.32. The fourth-order valence-corrected chi connectivity index (χ4v) is 2.77. The highest BCUT2D eigenvalue weighted by molar-refractivity contribution is 5.59. The highest BCUT2D eigenvalue weighted by Gasteiger charge is 2.03. The molecular weight excluding hydrogens is 296 g/mol. The van der Waals surface area contributed by atoms with Gasteiger partial charge in [0.05, 0.1) is 18.6 Å². The van der Waals surface area contributed by atoms with Crippen LogP contribution in [0.2, 0.25) is 0 Å². The average molecular weight is 329 g/mol. The fourth-order valence-electron chi connectivity index (χ4n) is 2.77. The number of aromatic nitrogens is 2. The van der Waals surface area contributed by atoms with Gasteiger partial charge in [-0.3, -0.25) is 0 Å². The first kappa shape index (κ1) is 18.6. The smallest absolute Gasteiger partial charge is 0.119 e. The zero-order chi connectivity index (χ0) is 17.0. The summed E-state index contributed by atoms with van der Waals surface area (Å²) < 4.78 is 8.00. The molecule has 3 heteroatoms. The monoisotopic (exact) mass is 328 g/mol. The molecule has 0 unspecified atom stereocenters. The van der Waals surface area contributed by atoms with Gasteiger partial charge < -0.3 is 9.30 Å². The number of hydrogen-bond donors (Lipinski definition) is 0. The summed E-state index contributed by atoms with van der Waals surface area (Å²) in [4.78, 5) is 4.50. The quantitative estimate of drug-likeness (QED) is 0.441. The molecule has 0 N–H and O–H groups in total. The number of rotatable bonds is 12. The van der Waals surface area contributed by atoms with Crippen molar-refractivity contribution in [3.05, 3.63) is 36.8 Å². The molecule has 0 radical (unpaired) electrons. The number of hydrogen-bond acceptors (Lipinski definition) is 2. The van der Waals surface area contributed by atoms with E-state index < -0.39 is 0 Å². The van der Waals surface area contributed by atoms with Crippen LogP contribution in [0.15, 0.2) is 36.8 Å². The Balaban J connectivity index is 1.73. The van der Waals surface area contributed by atoms with Gasteiger partial charge in [-0.1, -0.05) is 52.4 Å². The summed E-state index contributed by atoms with van der Waals surface area (Å²) in [5.41, 5.74) is 2.19. The molecule has 132 valence electrons. The Hall–Kier alpha value is -1.77. The molecule has 0 bridgehead atoms. The van der Waals surface area contributed by atoms with E-state index in [-0.39, 0.29) is 0 Å². The van der Waals surface area contributed by atoms with Crippen LogP contribution >= 0.6 is 0 Å². The van der Waals surface area contributed by atoms with E-state index in [1.807, 2.05) is 6.33 Å². The van der Waals surface area contributed by atoms with Crippen LogP contribution in [-0.4, -0.2) is 16.2 Å². The lowest BCUT2D eigenvalue weighted by molar-refractivity contribution is 0.304. The minimum atomic E-state index is 0.817. The van der Waals surface area contributed by atoms with Gasteiger partial charge in [-0.2, -0.15) is 0 Å². The first-order valence-electron chi connectivity index (χ1n) is 9.58.